The fraction of sp³-hybridized carbons (Fsp3) is 0.0769. The Bertz CT molecular complexity index is 1230. The van der Waals surface area contributed by atoms with Crippen molar-refractivity contribution in [1.82, 2.24) is 10.2 Å². The first-order chi connectivity index (χ1) is 14.7. The minimum atomic E-state index is -0.953. The summed E-state index contributed by atoms with van der Waals surface area (Å²) in [5.41, 5.74) is 7.68. The predicted octanol–water partition coefficient (Wildman–Crippen LogP) is 6.03. The molecule has 0 unspecified atom stereocenters. The van der Waals surface area contributed by atoms with Gasteiger partial charge in [-0.3, -0.25) is 5.10 Å². The summed E-state index contributed by atoms with van der Waals surface area (Å²) in [5, 5.41) is 17.1. The molecule has 0 radical (unpaired) electrons. The topological polar surface area (TPSA) is 66.0 Å². The molecular weight excluding hydrogens is 372 g/mol. The Balaban J connectivity index is 1.89. The van der Waals surface area contributed by atoms with Crippen LogP contribution in [0.4, 0.5) is 0 Å². The van der Waals surface area contributed by atoms with Crippen molar-refractivity contribution in [2.75, 3.05) is 0 Å². The first-order valence-electron chi connectivity index (χ1n) is 9.89. The van der Waals surface area contributed by atoms with Crippen molar-refractivity contribution in [3.05, 3.63) is 107 Å². The van der Waals surface area contributed by atoms with Gasteiger partial charge in [0.15, 0.2) is 0 Å². The van der Waals surface area contributed by atoms with Crippen molar-refractivity contribution in [2.24, 2.45) is 0 Å². The summed E-state index contributed by atoms with van der Waals surface area (Å²) < 4.78 is 0. The van der Waals surface area contributed by atoms with Crippen molar-refractivity contribution in [1.29, 1.82) is 0 Å². The highest BCUT2D eigenvalue weighted by Gasteiger charge is 2.14. The van der Waals surface area contributed by atoms with E-state index >= 15 is 0 Å². The molecule has 1 heterocycles. The van der Waals surface area contributed by atoms with E-state index in [1.807, 2.05) is 24.4 Å². The lowest BCUT2D eigenvalue weighted by Crippen LogP contribution is -1.95. The number of aromatic nitrogens is 2. The van der Waals surface area contributed by atoms with Crippen LogP contribution < -0.4 is 0 Å². The van der Waals surface area contributed by atoms with E-state index in [1.165, 1.54) is 16.7 Å². The zero-order chi connectivity index (χ0) is 20.9. The Morgan fingerprint density at radius 3 is 2.40 bits per heavy atom. The molecule has 4 nitrogen and oxygen atoms in total. The summed E-state index contributed by atoms with van der Waals surface area (Å²) in [6.45, 7) is 2.17. The van der Waals surface area contributed by atoms with Crippen LogP contribution >= 0.6 is 0 Å². The van der Waals surface area contributed by atoms with Gasteiger partial charge < -0.3 is 5.11 Å². The molecule has 1 aromatic heterocycles. The standard InChI is InChI=1S/C26H22N2O2/c1-2-23(19-6-4-3-5-7-19)26(21-13-14-24-22(16-21)17-27-28-24)20-11-8-18(9-12-20)10-15-25(29)30/h3-17H,2H2,1H3,(H,27,28)(H,29,30)/b15-10+,26-23-. The molecule has 2 N–H and O–H groups in total. The molecule has 0 aliphatic rings. The summed E-state index contributed by atoms with van der Waals surface area (Å²) in [6.07, 6.45) is 5.47. The Morgan fingerprint density at radius 2 is 1.70 bits per heavy atom. The van der Waals surface area contributed by atoms with Gasteiger partial charge in [-0.15, -0.1) is 0 Å². The van der Waals surface area contributed by atoms with E-state index in [2.05, 4.69) is 71.7 Å². The van der Waals surface area contributed by atoms with E-state index in [0.717, 1.165) is 40.1 Å². The second-order valence-electron chi connectivity index (χ2n) is 7.04. The number of allylic oxidation sites excluding steroid dienone is 1. The maximum absolute atomic E-state index is 10.8. The zero-order valence-corrected chi connectivity index (χ0v) is 16.7. The van der Waals surface area contributed by atoms with Crippen LogP contribution in [0.2, 0.25) is 0 Å². The van der Waals surface area contributed by atoms with Gasteiger partial charge in [0.2, 0.25) is 0 Å². The first kappa shape index (κ1) is 19.4. The number of rotatable bonds is 6. The molecule has 0 saturated heterocycles. The number of hydrogen-bond donors (Lipinski definition) is 2. The number of hydrogen-bond acceptors (Lipinski definition) is 2. The normalized spacial score (nSPS) is 12.3. The lowest BCUT2D eigenvalue weighted by Gasteiger charge is -2.16. The zero-order valence-electron chi connectivity index (χ0n) is 16.7. The molecule has 0 saturated carbocycles. The number of aromatic amines is 1. The van der Waals surface area contributed by atoms with Gasteiger partial charge in [0.25, 0.3) is 0 Å². The van der Waals surface area contributed by atoms with Crippen molar-refractivity contribution in [2.45, 2.75) is 13.3 Å². The van der Waals surface area contributed by atoms with E-state index in [-0.39, 0.29) is 0 Å². The number of H-pyrrole nitrogens is 1. The van der Waals surface area contributed by atoms with Crippen molar-refractivity contribution >= 4 is 34.1 Å². The third-order valence-electron chi connectivity index (χ3n) is 5.12. The minimum absolute atomic E-state index is 0.851. The summed E-state index contributed by atoms with van der Waals surface area (Å²) in [7, 11) is 0. The minimum Gasteiger partial charge on any atom is -0.478 e. The van der Waals surface area contributed by atoms with E-state index in [9.17, 15) is 4.79 Å². The Labute approximate surface area is 175 Å². The van der Waals surface area contributed by atoms with E-state index < -0.39 is 5.97 Å². The Morgan fingerprint density at radius 1 is 0.967 bits per heavy atom. The van der Waals surface area contributed by atoms with E-state index in [4.69, 9.17) is 5.11 Å². The molecule has 0 bridgehead atoms. The van der Waals surface area contributed by atoms with Crippen molar-refractivity contribution in [3.63, 3.8) is 0 Å². The molecule has 0 aliphatic carbocycles. The fourth-order valence-corrected chi connectivity index (χ4v) is 3.71. The lowest BCUT2D eigenvalue weighted by molar-refractivity contribution is -0.131. The molecule has 0 fully saturated rings. The van der Waals surface area contributed by atoms with Crippen LogP contribution in [-0.2, 0) is 4.79 Å². The predicted molar refractivity (Wildman–Crippen MR) is 122 cm³/mol. The van der Waals surface area contributed by atoms with Gasteiger partial charge in [-0.05, 0) is 58.0 Å². The van der Waals surface area contributed by atoms with Crippen LogP contribution in [0.3, 0.4) is 0 Å². The number of carbonyl (C=O) groups is 1. The second kappa shape index (κ2) is 8.62. The third kappa shape index (κ3) is 4.08. The summed E-state index contributed by atoms with van der Waals surface area (Å²) >= 11 is 0. The van der Waals surface area contributed by atoms with E-state index in [0.29, 0.717) is 0 Å². The quantitative estimate of drug-likeness (QED) is 0.310. The molecular formula is C26H22N2O2. The summed E-state index contributed by atoms with van der Waals surface area (Å²) in [6, 6.07) is 24.7. The SMILES string of the molecule is CC/C(=C(\c1ccc(/C=C/C(=O)O)cc1)c1ccc2[nH]ncc2c1)c1ccccc1. The van der Waals surface area contributed by atoms with E-state index in [1.54, 1.807) is 6.08 Å². The molecule has 0 spiro atoms. The highest BCUT2D eigenvalue weighted by molar-refractivity contribution is 6.00. The van der Waals surface area contributed by atoms with Crippen molar-refractivity contribution in [3.8, 4) is 0 Å². The number of carboxylic acids is 1. The van der Waals surface area contributed by atoms with Crippen LogP contribution in [0.5, 0.6) is 0 Å². The third-order valence-corrected chi connectivity index (χ3v) is 5.12. The first-order valence-corrected chi connectivity index (χ1v) is 9.89. The molecule has 4 aromatic rings. The van der Waals surface area contributed by atoms with Gasteiger partial charge in [-0.2, -0.15) is 5.10 Å². The number of benzene rings is 3. The maximum atomic E-state index is 10.8. The highest BCUT2D eigenvalue weighted by atomic mass is 16.4. The lowest BCUT2D eigenvalue weighted by atomic mass is 9.87. The van der Waals surface area contributed by atoms with Gasteiger partial charge in [-0.1, -0.05) is 67.6 Å². The van der Waals surface area contributed by atoms with Gasteiger partial charge in [-0.25, -0.2) is 4.79 Å². The van der Waals surface area contributed by atoms with Gasteiger partial charge in [0, 0.05) is 11.5 Å². The second-order valence-corrected chi connectivity index (χ2v) is 7.04. The largest absolute Gasteiger partial charge is 0.478 e. The van der Waals surface area contributed by atoms with Gasteiger partial charge in [0.1, 0.15) is 0 Å². The maximum Gasteiger partial charge on any atom is 0.328 e. The number of aliphatic carboxylic acids is 1. The summed E-state index contributed by atoms with van der Waals surface area (Å²) in [4.78, 5) is 10.8. The molecule has 0 amide bonds. The molecule has 0 atom stereocenters. The molecule has 0 aliphatic heterocycles. The molecule has 4 heteroatoms. The molecule has 3 aromatic carbocycles. The van der Waals surface area contributed by atoms with Crippen LogP contribution in [-0.4, -0.2) is 21.3 Å². The van der Waals surface area contributed by atoms with Crippen LogP contribution in [0.1, 0.15) is 35.6 Å². The number of fused-ring (bicyclic) bond motifs is 1. The molecule has 4 rings (SSSR count). The average molecular weight is 394 g/mol. The monoisotopic (exact) mass is 394 g/mol. The Kier molecular flexibility index (Phi) is 5.57. The highest BCUT2D eigenvalue weighted by Crippen LogP contribution is 2.35. The van der Waals surface area contributed by atoms with Gasteiger partial charge in [0.05, 0.1) is 11.7 Å². The fourth-order valence-electron chi connectivity index (χ4n) is 3.71. The number of nitrogens with one attached hydrogen (secondary N) is 1. The van der Waals surface area contributed by atoms with Crippen LogP contribution in [0, 0.1) is 0 Å². The molecule has 30 heavy (non-hydrogen) atoms. The van der Waals surface area contributed by atoms with Crippen LogP contribution in [0.15, 0.2) is 85.1 Å². The molecule has 148 valence electrons. The van der Waals surface area contributed by atoms with Crippen molar-refractivity contribution < 1.29 is 9.90 Å². The number of nitrogens with zero attached hydrogens (tertiary/aromatic N) is 1. The van der Waals surface area contributed by atoms with Crippen LogP contribution in [0.25, 0.3) is 28.1 Å². The van der Waals surface area contributed by atoms with Gasteiger partial charge >= 0.3 is 5.97 Å². The number of carboxylic acid groups (broad SMARTS) is 1. The summed E-state index contributed by atoms with van der Waals surface area (Å²) in [5.74, 6) is -0.953. The average Bonchev–Trinajstić information content (AvgIpc) is 3.25. The Hall–Kier alpha value is -3.92. The smallest absolute Gasteiger partial charge is 0.328 e.